The van der Waals surface area contributed by atoms with Crippen LogP contribution in [0.1, 0.15) is 27.2 Å². The van der Waals surface area contributed by atoms with Gasteiger partial charge in [0.2, 0.25) is 5.88 Å². The van der Waals surface area contributed by atoms with Gasteiger partial charge in [0.1, 0.15) is 6.61 Å². The van der Waals surface area contributed by atoms with Crippen LogP contribution < -0.4 is 20.9 Å². The predicted octanol–water partition coefficient (Wildman–Crippen LogP) is 3.49. The van der Waals surface area contributed by atoms with Crippen LogP contribution in [0.5, 0.6) is 11.6 Å². The van der Waals surface area contributed by atoms with Gasteiger partial charge in [0, 0.05) is 17.8 Å². The molecule has 7 heteroatoms. The van der Waals surface area contributed by atoms with Crippen LogP contribution >= 0.6 is 0 Å². The number of hydrogen-bond donors (Lipinski definition) is 2. The molecular weight excluding hydrogens is 337 g/mol. The molecule has 1 unspecified atom stereocenters. The highest BCUT2D eigenvalue weighted by Gasteiger charge is 2.21. The zero-order chi connectivity index (χ0) is 19.3. The van der Waals surface area contributed by atoms with Gasteiger partial charge < -0.3 is 20.9 Å². The van der Waals surface area contributed by atoms with Gasteiger partial charge in [0.25, 0.3) is 0 Å². The number of amides is 1. The number of hydrogen-bond acceptors (Lipinski definition) is 5. The number of carbonyl (C=O) groups excluding carboxylic acids is 1. The molecule has 26 heavy (non-hydrogen) atoms. The summed E-state index contributed by atoms with van der Waals surface area (Å²) in [7, 11) is 0. The van der Waals surface area contributed by atoms with Crippen molar-refractivity contribution in [1.82, 2.24) is 4.98 Å². The monoisotopic (exact) mass is 361 g/mol. The predicted molar refractivity (Wildman–Crippen MR) is 97.4 cm³/mol. The number of nitrogens with zero attached hydrogens (tertiary/aromatic N) is 1. The first-order valence-electron chi connectivity index (χ1n) is 8.31. The van der Waals surface area contributed by atoms with E-state index in [2.05, 4.69) is 18.8 Å². The first kappa shape index (κ1) is 19.7. The van der Waals surface area contributed by atoms with Crippen molar-refractivity contribution < 1.29 is 18.7 Å². The largest absolute Gasteiger partial charge is 0.489 e. The number of nitrogens with two attached hydrogens (primary N) is 2. The van der Waals surface area contributed by atoms with E-state index in [-0.39, 0.29) is 18.2 Å². The third-order valence-corrected chi connectivity index (χ3v) is 3.64. The van der Waals surface area contributed by atoms with Crippen molar-refractivity contribution in [2.75, 3.05) is 6.61 Å². The van der Waals surface area contributed by atoms with Crippen molar-refractivity contribution in [2.24, 2.45) is 17.4 Å². The maximum Gasteiger partial charge on any atom is 0.411 e. The van der Waals surface area contributed by atoms with Crippen molar-refractivity contribution in [3.8, 4) is 22.8 Å². The molecule has 0 saturated heterocycles. The fraction of sp³-hybridized carbons (Fsp3) is 0.368. The van der Waals surface area contributed by atoms with E-state index in [1.807, 2.05) is 6.92 Å². The molecule has 2 rings (SSSR count). The van der Waals surface area contributed by atoms with Gasteiger partial charge in [-0.1, -0.05) is 19.9 Å². The zero-order valence-electron chi connectivity index (χ0n) is 15.2. The molecule has 1 amide bonds. The Labute approximate surface area is 152 Å². The third kappa shape index (κ3) is 5.70. The van der Waals surface area contributed by atoms with Gasteiger partial charge in [0.05, 0.1) is 0 Å². The summed E-state index contributed by atoms with van der Waals surface area (Å²) in [6.45, 7) is 6.25. The summed E-state index contributed by atoms with van der Waals surface area (Å²) in [6, 6.07) is 7.76. The molecular formula is C19H24FN3O3. The first-order valence-corrected chi connectivity index (χ1v) is 8.31. The summed E-state index contributed by atoms with van der Waals surface area (Å²) in [5.74, 6) is 0.0986. The lowest BCUT2D eigenvalue weighted by atomic mass is 9.93. The molecule has 4 N–H and O–H groups in total. The van der Waals surface area contributed by atoms with Crippen LogP contribution in [0.2, 0.25) is 0 Å². The van der Waals surface area contributed by atoms with Gasteiger partial charge in [-0.15, -0.1) is 0 Å². The number of aromatic nitrogens is 1. The molecule has 1 atom stereocenters. The Kier molecular flexibility index (Phi) is 6.15. The molecule has 1 aromatic carbocycles. The molecule has 2 aromatic rings. The van der Waals surface area contributed by atoms with Crippen molar-refractivity contribution in [2.45, 2.75) is 32.7 Å². The summed E-state index contributed by atoms with van der Waals surface area (Å²) in [5, 5.41) is 0. The molecule has 140 valence electrons. The van der Waals surface area contributed by atoms with Gasteiger partial charge in [0.15, 0.2) is 11.6 Å². The lowest BCUT2D eigenvalue weighted by Crippen LogP contribution is -2.43. The van der Waals surface area contributed by atoms with E-state index in [0.717, 1.165) is 6.42 Å². The topological polar surface area (TPSA) is 100 Å². The highest BCUT2D eigenvalue weighted by molar-refractivity contribution is 5.69. The zero-order valence-corrected chi connectivity index (χ0v) is 15.2. The first-order chi connectivity index (χ1) is 12.2. The summed E-state index contributed by atoms with van der Waals surface area (Å²) in [4.78, 5) is 14.7. The number of primary amides is 1. The summed E-state index contributed by atoms with van der Waals surface area (Å²) in [6.07, 6.45) is 1.25. The lowest BCUT2D eigenvalue weighted by molar-refractivity contribution is 0.200. The number of rotatable bonds is 7. The van der Waals surface area contributed by atoms with Crippen LogP contribution in [0.25, 0.3) is 11.1 Å². The van der Waals surface area contributed by atoms with Crippen LogP contribution in [0, 0.1) is 11.7 Å². The lowest BCUT2D eigenvalue weighted by Gasteiger charge is -2.26. The average molecular weight is 361 g/mol. The molecule has 0 aliphatic rings. The van der Waals surface area contributed by atoms with Crippen LogP contribution in [-0.4, -0.2) is 23.2 Å². The SMILES string of the molecule is CC(C)CC(C)(N)COc1ccc(-c2ccnc(OC(N)=O)c2)cc1F. The Morgan fingerprint density at radius 3 is 2.58 bits per heavy atom. The number of pyridine rings is 1. The van der Waals surface area contributed by atoms with Crippen LogP contribution in [-0.2, 0) is 0 Å². The second-order valence-corrected chi connectivity index (χ2v) is 6.99. The van der Waals surface area contributed by atoms with Crippen LogP contribution in [0.4, 0.5) is 9.18 Å². The average Bonchev–Trinajstić information content (AvgIpc) is 2.52. The molecule has 0 aliphatic carbocycles. The minimum atomic E-state index is -0.962. The van der Waals surface area contributed by atoms with Gasteiger partial charge in [-0.05, 0) is 48.6 Å². The molecule has 0 fully saturated rings. The van der Waals surface area contributed by atoms with Crippen molar-refractivity contribution in [1.29, 1.82) is 0 Å². The third-order valence-electron chi connectivity index (χ3n) is 3.64. The Morgan fingerprint density at radius 1 is 1.27 bits per heavy atom. The molecule has 0 saturated carbocycles. The quantitative estimate of drug-likeness (QED) is 0.786. The summed E-state index contributed by atoms with van der Waals surface area (Å²) in [5.41, 5.74) is 11.8. The Morgan fingerprint density at radius 2 is 1.96 bits per heavy atom. The molecule has 0 radical (unpaired) electrons. The number of benzene rings is 1. The van der Waals surface area contributed by atoms with Gasteiger partial charge in [-0.3, -0.25) is 0 Å². The second kappa shape index (κ2) is 8.14. The molecule has 1 aromatic heterocycles. The molecule has 6 nitrogen and oxygen atoms in total. The van der Waals surface area contributed by atoms with E-state index < -0.39 is 17.4 Å². The Balaban J connectivity index is 2.13. The van der Waals surface area contributed by atoms with Gasteiger partial charge in [-0.25, -0.2) is 14.2 Å². The van der Waals surface area contributed by atoms with E-state index in [9.17, 15) is 9.18 Å². The highest BCUT2D eigenvalue weighted by Crippen LogP contribution is 2.28. The minimum Gasteiger partial charge on any atom is -0.489 e. The van der Waals surface area contributed by atoms with Crippen molar-refractivity contribution in [3.05, 3.63) is 42.3 Å². The van der Waals surface area contributed by atoms with E-state index in [4.69, 9.17) is 20.9 Å². The molecule has 0 spiro atoms. The fourth-order valence-electron chi connectivity index (χ4n) is 2.78. The summed E-state index contributed by atoms with van der Waals surface area (Å²) >= 11 is 0. The Bertz CT molecular complexity index is 778. The summed E-state index contributed by atoms with van der Waals surface area (Å²) < 4.78 is 24.7. The van der Waals surface area contributed by atoms with E-state index >= 15 is 0 Å². The van der Waals surface area contributed by atoms with E-state index in [0.29, 0.717) is 17.0 Å². The van der Waals surface area contributed by atoms with Crippen molar-refractivity contribution >= 4 is 6.09 Å². The normalized spacial score (nSPS) is 13.3. The maximum absolute atomic E-state index is 14.4. The van der Waals surface area contributed by atoms with E-state index in [1.165, 1.54) is 18.3 Å². The molecule has 0 aliphatic heterocycles. The maximum atomic E-state index is 14.4. The molecule has 0 bridgehead atoms. The fourth-order valence-corrected chi connectivity index (χ4v) is 2.78. The second-order valence-electron chi connectivity index (χ2n) is 6.99. The number of carbonyl (C=O) groups is 1. The number of halogens is 1. The smallest absolute Gasteiger partial charge is 0.411 e. The standard InChI is InChI=1S/C19H24FN3O3/c1-12(2)10-19(3,22)11-25-16-5-4-13(8-15(16)20)14-6-7-23-17(9-14)26-18(21)24/h4-9,12H,10-11,22H2,1-3H3,(H2,21,24). The number of ether oxygens (including phenoxy) is 2. The van der Waals surface area contributed by atoms with Crippen LogP contribution in [0.3, 0.4) is 0 Å². The van der Waals surface area contributed by atoms with Crippen molar-refractivity contribution in [3.63, 3.8) is 0 Å². The minimum absolute atomic E-state index is 0.0447. The highest BCUT2D eigenvalue weighted by atomic mass is 19.1. The van der Waals surface area contributed by atoms with Gasteiger partial charge >= 0.3 is 6.09 Å². The molecule has 1 heterocycles. The van der Waals surface area contributed by atoms with Crippen LogP contribution in [0.15, 0.2) is 36.5 Å². The Hall–Kier alpha value is -2.67. The van der Waals surface area contributed by atoms with E-state index in [1.54, 1.807) is 18.2 Å². The van der Waals surface area contributed by atoms with Gasteiger partial charge in [-0.2, -0.15) is 0 Å².